The number of pyridine rings is 1. The van der Waals surface area contributed by atoms with Crippen LogP contribution in [-0.2, 0) is 0 Å². The quantitative estimate of drug-likeness (QED) is 0.251. The van der Waals surface area contributed by atoms with Crippen LogP contribution >= 0.6 is 0 Å². The lowest BCUT2D eigenvalue weighted by Gasteiger charge is -2.40. The molecule has 1 saturated heterocycles. The fourth-order valence-corrected chi connectivity index (χ4v) is 3.92. The smallest absolute Gasteiger partial charge is 0.239 e. The molecule has 2 aromatic heterocycles. The van der Waals surface area contributed by atoms with Crippen LogP contribution in [0.25, 0.3) is 0 Å². The summed E-state index contributed by atoms with van der Waals surface area (Å²) in [6.07, 6.45) is 4.79. The number of nitrogen functional groups attached to an aromatic ring is 1. The van der Waals surface area contributed by atoms with Crippen molar-refractivity contribution >= 4 is 35.1 Å². The number of nitrogens with one attached hydrogen (secondary N) is 2. The third-order valence-electron chi connectivity index (χ3n) is 5.94. The largest absolute Gasteiger partial charge is 0.487 e. The van der Waals surface area contributed by atoms with Gasteiger partial charge in [-0.1, -0.05) is 0 Å². The summed E-state index contributed by atoms with van der Waals surface area (Å²) in [7, 11) is 3.93. The molecule has 35 heavy (non-hydrogen) atoms. The number of carbonyl (C=O) groups is 1. The number of carbonyl (C=O) groups excluding carboxylic acids is 1. The number of rotatable bonds is 8. The van der Waals surface area contributed by atoms with Crippen LogP contribution in [0, 0.1) is 5.82 Å². The van der Waals surface area contributed by atoms with E-state index in [1.54, 1.807) is 18.3 Å². The second-order valence-corrected chi connectivity index (χ2v) is 8.87. The molecule has 1 fully saturated rings. The van der Waals surface area contributed by atoms with Crippen molar-refractivity contribution in [3.05, 3.63) is 54.2 Å². The first-order valence-corrected chi connectivity index (χ1v) is 11.2. The molecule has 0 radical (unpaired) electrons. The Hall–Kier alpha value is -3.99. The Kier molecular flexibility index (Phi) is 6.97. The van der Waals surface area contributed by atoms with E-state index in [0.29, 0.717) is 37.9 Å². The Balaban J connectivity index is 1.49. The molecule has 0 amide bonds. The number of hydrogen-bond acceptors (Lipinski definition) is 10. The summed E-state index contributed by atoms with van der Waals surface area (Å²) in [5.74, 6) is 6.00. The van der Waals surface area contributed by atoms with Crippen LogP contribution in [0.5, 0.6) is 5.75 Å². The summed E-state index contributed by atoms with van der Waals surface area (Å²) in [5, 5.41) is 3.32. The van der Waals surface area contributed by atoms with Gasteiger partial charge in [-0.3, -0.25) is 15.2 Å². The fourth-order valence-electron chi connectivity index (χ4n) is 3.92. The van der Waals surface area contributed by atoms with Crippen LogP contribution in [0.4, 0.5) is 33.2 Å². The number of nitrogens with two attached hydrogens (primary N) is 1. The van der Waals surface area contributed by atoms with Crippen molar-refractivity contribution < 1.29 is 13.9 Å². The van der Waals surface area contributed by atoms with Gasteiger partial charge >= 0.3 is 0 Å². The summed E-state index contributed by atoms with van der Waals surface area (Å²) in [6.45, 7) is 3.20. The normalized spacial score (nSPS) is 14.8. The van der Waals surface area contributed by atoms with Gasteiger partial charge in [-0.15, -0.1) is 0 Å². The van der Waals surface area contributed by atoms with E-state index >= 15 is 0 Å². The Morgan fingerprint density at radius 1 is 1.14 bits per heavy atom. The number of benzene rings is 1. The van der Waals surface area contributed by atoms with Crippen molar-refractivity contribution in [2.24, 2.45) is 5.84 Å². The van der Waals surface area contributed by atoms with E-state index in [2.05, 4.69) is 32.6 Å². The van der Waals surface area contributed by atoms with Crippen molar-refractivity contribution in [2.45, 2.75) is 25.4 Å². The second kappa shape index (κ2) is 10.1. The van der Waals surface area contributed by atoms with Gasteiger partial charge in [0.25, 0.3) is 0 Å². The van der Waals surface area contributed by atoms with Gasteiger partial charge in [-0.2, -0.15) is 4.98 Å². The molecule has 3 aromatic rings. The molecule has 4 N–H and O–H groups in total. The predicted octanol–water partition coefficient (Wildman–Crippen LogP) is 3.36. The van der Waals surface area contributed by atoms with E-state index < -0.39 is 11.4 Å². The molecule has 10 nitrogen and oxygen atoms in total. The number of aldehydes is 1. The Morgan fingerprint density at radius 3 is 2.54 bits per heavy atom. The van der Waals surface area contributed by atoms with Gasteiger partial charge in [0.1, 0.15) is 17.0 Å². The lowest BCUT2D eigenvalue weighted by Crippen LogP contribution is -2.46. The van der Waals surface area contributed by atoms with Gasteiger partial charge in [0.05, 0.1) is 18.1 Å². The van der Waals surface area contributed by atoms with Crippen LogP contribution in [0.1, 0.15) is 30.3 Å². The first-order valence-electron chi connectivity index (χ1n) is 11.2. The SMILES string of the molecule is CN(C)c1cc(Nc2ccc(C=O)nc2)cc(OC2(C)CCN(c3nc(NN)ncc3F)CC2)c1. The second-order valence-electron chi connectivity index (χ2n) is 8.87. The number of halogens is 1. The molecule has 0 saturated carbocycles. The van der Waals surface area contributed by atoms with Crippen molar-refractivity contribution in [3.8, 4) is 5.75 Å². The minimum atomic E-state index is -0.487. The van der Waals surface area contributed by atoms with Crippen molar-refractivity contribution in [3.63, 3.8) is 0 Å². The van der Waals surface area contributed by atoms with Gasteiger partial charge < -0.3 is 19.9 Å². The molecule has 1 aliphatic heterocycles. The topological polar surface area (TPSA) is 122 Å². The minimum absolute atomic E-state index is 0.169. The molecule has 1 aromatic carbocycles. The highest BCUT2D eigenvalue weighted by atomic mass is 19.1. The van der Waals surface area contributed by atoms with E-state index in [9.17, 15) is 9.18 Å². The molecule has 0 unspecified atom stereocenters. The molecule has 11 heteroatoms. The summed E-state index contributed by atoms with van der Waals surface area (Å²) < 4.78 is 20.8. The molecule has 0 bridgehead atoms. The highest BCUT2D eigenvalue weighted by molar-refractivity contribution is 5.73. The number of aromatic nitrogens is 3. The van der Waals surface area contributed by atoms with Crippen molar-refractivity contribution in [2.75, 3.05) is 47.7 Å². The average molecular weight is 481 g/mol. The Morgan fingerprint density at radius 2 is 1.91 bits per heavy atom. The van der Waals surface area contributed by atoms with E-state index in [-0.39, 0.29) is 11.8 Å². The predicted molar refractivity (Wildman–Crippen MR) is 134 cm³/mol. The number of piperidine rings is 1. The standard InChI is InChI=1S/C24H29FN8O2/c1-24(6-8-33(9-7-24)22-21(25)14-28-23(30-22)31-26)35-20-11-18(10-19(12-20)32(2)3)29-16-4-5-17(15-34)27-13-16/h4-5,10-15,29H,6-9,26H2,1-3H3,(H,28,30,31). The first-order chi connectivity index (χ1) is 16.8. The zero-order valence-corrected chi connectivity index (χ0v) is 20.0. The zero-order chi connectivity index (χ0) is 25.0. The number of hydrazine groups is 1. The van der Waals surface area contributed by atoms with Crippen LogP contribution in [0.2, 0.25) is 0 Å². The van der Waals surface area contributed by atoms with Crippen LogP contribution in [0.15, 0.2) is 42.7 Å². The van der Waals surface area contributed by atoms with Crippen LogP contribution < -0.4 is 31.1 Å². The van der Waals surface area contributed by atoms with E-state index in [1.807, 2.05) is 42.1 Å². The molecule has 184 valence electrons. The van der Waals surface area contributed by atoms with Crippen molar-refractivity contribution in [1.29, 1.82) is 0 Å². The summed E-state index contributed by atoms with van der Waals surface area (Å²) in [5.41, 5.74) is 4.85. The van der Waals surface area contributed by atoms with Crippen LogP contribution in [-0.4, -0.2) is 54.0 Å². The number of ether oxygens (including phenoxy) is 1. The van der Waals surface area contributed by atoms with Gasteiger partial charge in [-0.05, 0) is 25.1 Å². The molecule has 3 heterocycles. The molecule has 4 rings (SSSR count). The summed E-state index contributed by atoms with van der Waals surface area (Å²) in [4.78, 5) is 26.8. The third-order valence-corrected chi connectivity index (χ3v) is 5.94. The molecular formula is C24H29FN8O2. The molecule has 1 aliphatic rings. The third kappa shape index (κ3) is 5.75. The van der Waals surface area contributed by atoms with Gasteiger partial charge in [-0.25, -0.2) is 15.2 Å². The first kappa shape index (κ1) is 24.1. The Bertz CT molecular complexity index is 1180. The maximum Gasteiger partial charge on any atom is 0.239 e. The van der Waals surface area contributed by atoms with Gasteiger partial charge in [0.2, 0.25) is 5.95 Å². The lowest BCUT2D eigenvalue weighted by atomic mass is 9.93. The molecule has 0 aliphatic carbocycles. The molecular weight excluding hydrogens is 451 g/mol. The van der Waals surface area contributed by atoms with Crippen LogP contribution in [0.3, 0.4) is 0 Å². The highest BCUT2D eigenvalue weighted by Gasteiger charge is 2.33. The monoisotopic (exact) mass is 480 g/mol. The summed E-state index contributed by atoms with van der Waals surface area (Å²) in [6, 6.07) is 9.38. The zero-order valence-electron chi connectivity index (χ0n) is 20.0. The van der Waals surface area contributed by atoms with E-state index in [4.69, 9.17) is 10.6 Å². The fraction of sp³-hybridized carbons (Fsp3) is 0.333. The summed E-state index contributed by atoms with van der Waals surface area (Å²) >= 11 is 0. The molecule has 0 spiro atoms. The number of nitrogens with zero attached hydrogens (tertiary/aromatic N) is 5. The minimum Gasteiger partial charge on any atom is -0.487 e. The molecule has 0 atom stereocenters. The number of anilines is 5. The lowest BCUT2D eigenvalue weighted by molar-refractivity contribution is 0.0619. The Labute approximate surface area is 203 Å². The van der Waals surface area contributed by atoms with E-state index in [1.165, 1.54) is 0 Å². The van der Waals surface area contributed by atoms with Crippen molar-refractivity contribution in [1.82, 2.24) is 15.0 Å². The average Bonchev–Trinajstić information content (AvgIpc) is 2.85. The van der Waals surface area contributed by atoms with Gasteiger partial charge in [0, 0.05) is 63.5 Å². The maximum absolute atomic E-state index is 14.3. The van der Waals surface area contributed by atoms with E-state index in [0.717, 1.165) is 29.0 Å². The van der Waals surface area contributed by atoms with Gasteiger partial charge in [0.15, 0.2) is 17.9 Å². The highest BCUT2D eigenvalue weighted by Crippen LogP contribution is 2.35. The maximum atomic E-state index is 14.3. The number of hydrogen-bond donors (Lipinski definition) is 3.